The van der Waals surface area contributed by atoms with Gasteiger partial charge >= 0.3 is 0 Å². The topological polar surface area (TPSA) is 96.5 Å². The van der Waals surface area contributed by atoms with Crippen molar-refractivity contribution >= 4 is 23.5 Å². The van der Waals surface area contributed by atoms with Crippen LogP contribution in [0.4, 0.5) is 5.95 Å². The third-order valence-corrected chi connectivity index (χ3v) is 4.68. The number of hydrogen-bond acceptors (Lipinski definition) is 5. The lowest BCUT2D eigenvalue weighted by molar-refractivity contribution is -0.122. The molecule has 0 radical (unpaired) electrons. The summed E-state index contributed by atoms with van der Waals surface area (Å²) in [4.78, 5) is 16.6. The molecule has 0 spiro atoms. The third-order valence-electron chi connectivity index (χ3n) is 4.43. The molecule has 3 aromatic rings. The van der Waals surface area contributed by atoms with E-state index >= 15 is 0 Å². The first-order chi connectivity index (χ1) is 12.2. The standard InChI is InChI=1S/C17H15ClN6O/c18-14-3-1-10(2-4-14)12-7-13(8-12)16(25)22-17-21-15(23-24-17)11-5-6-19-20-9-11/h1-6,9,12-13H,7-8H2,(H2,21,22,23,24,25). The van der Waals surface area contributed by atoms with E-state index in [9.17, 15) is 4.79 Å². The summed E-state index contributed by atoms with van der Waals surface area (Å²) in [5.74, 6) is 1.14. The zero-order valence-corrected chi connectivity index (χ0v) is 13.9. The zero-order chi connectivity index (χ0) is 17.2. The minimum Gasteiger partial charge on any atom is -0.293 e. The summed E-state index contributed by atoms with van der Waals surface area (Å²) in [5, 5.41) is 17.8. The monoisotopic (exact) mass is 354 g/mol. The fourth-order valence-electron chi connectivity index (χ4n) is 2.93. The van der Waals surface area contributed by atoms with Gasteiger partial charge in [-0.05, 0) is 42.5 Å². The second kappa shape index (κ2) is 6.60. The maximum Gasteiger partial charge on any atom is 0.249 e. The first-order valence-electron chi connectivity index (χ1n) is 7.95. The van der Waals surface area contributed by atoms with Gasteiger partial charge in [0.25, 0.3) is 0 Å². The quantitative estimate of drug-likeness (QED) is 0.750. The van der Waals surface area contributed by atoms with Crippen LogP contribution in [0, 0.1) is 5.92 Å². The summed E-state index contributed by atoms with van der Waals surface area (Å²) in [6.45, 7) is 0. The number of aromatic amines is 1. The van der Waals surface area contributed by atoms with Gasteiger partial charge in [-0.1, -0.05) is 23.7 Å². The molecule has 7 nitrogen and oxygen atoms in total. The fourth-order valence-corrected chi connectivity index (χ4v) is 3.05. The van der Waals surface area contributed by atoms with Gasteiger partial charge in [-0.2, -0.15) is 15.2 Å². The molecule has 0 saturated heterocycles. The lowest BCUT2D eigenvalue weighted by atomic mass is 9.71. The van der Waals surface area contributed by atoms with Crippen LogP contribution in [-0.4, -0.2) is 31.3 Å². The number of carbonyl (C=O) groups excluding carboxylic acids is 1. The van der Waals surface area contributed by atoms with Crippen molar-refractivity contribution in [3.63, 3.8) is 0 Å². The predicted octanol–water partition coefficient (Wildman–Crippen LogP) is 3.05. The van der Waals surface area contributed by atoms with E-state index in [1.54, 1.807) is 18.5 Å². The minimum atomic E-state index is -0.0522. The van der Waals surface area contributed by atoms with E-state index in [2.05, 4.69) is 30.7 Å². The Morgan fingerprint density at radius 2 is 1.96 bits per heavy atom. The van der Waals surface area contributed by atoms with Gasteiger partial charge in [0.15, 0.2) is 5.82 Å². The Balaban J connectivity index is 1.34. The number of aromatic nitrogens is 5. The lowest BCUT2D eigenvalue weighted by Gasteiger charge is -2.34. The van der Waals surface area contributed by atoms with E-state index in [-0.39, 0.29) is 17.8 Å². The maximum absolute atomic E-state index is 12.3. The highest BCUT2D eigenvalue weighted by atomic mass is 35.5. The molecule has 25 heavy (non-hydrogen) atoms. The molecule has 1 aliphatic rings. The maximum atomic E-state index is 12.3. The molecule has 8 heteroatoms. The first kappa shape index (κ1) is 15.7. The Labute approximate surface area is 148 Å². The van der Waals surface area contributed by atoms with Crippen molar-refractivity contribution in [1.29, 1.82) is 0 Å². The minimum absolute atomic E-state index is 0.0229. The van der Waals surface area contributed by atoms with Crippen LogP contribution in [-0.2, 0) is 4.79 Å². The fraction of sp³-hybridized carbons (Fsp3) is 0.235. The molecule has 0 bridgehead atoms. The normalized spacial score (nSPS) is 19.2. The molecule has 1 amide bonds. The number of nitrogens with one attached hydrogen (secondary N) is 2. The summed E-state index contributed by atoms with van der Waals surface area (Å²) >= 11 is 5.90. The highest BCUT2D eigenvalue weighted by Crippen LogP contribution is 2.42. The average Bonchev–Trinajstić information content (AvgIpc) is 3.04. The summed E-state index contributed by atoms with van der Waals surface area (Å²) in [7, 11) is 0. The SMILES string of the molecule is O=C(Nc1n[nH]c(-c2ccnnc2)n1)C1CC(c2ccc(Cl)cc2)C1. The van der Waals surface area contributed by atoms with Crippen LogP contribution in [0.1, 0.15) is 24.3 Å². The van der Waals surface area contributed by atoms with E-state index < -0.39 is 0 Å². The number of anilines is 1. The zero-order valence-electron chi connectivity index (χ0n) is 13.2. The number of H-pyrrole nitrogens is 1. The molecule has 1 fully saturated rings. The predicted molar refractivity (Wildman–Crippen MR) is 93.0 cm³/mol. The van der Waals surface area contributed by atoms with E-state index in [1.165, 1.54) is 5.56 Å². The molecular weight excluding hydrogens is 340 g/mol. The van der Waals surface area contributed by atoms with Crippen molar-refractivity contribution in [2.75, 3.05) is 5.32 Å². The molecule has 2 N–H and O–H groups in total. The summed E-state index contributed by atoms with van der Waals surface area (Å²) in [6.07, 6.45) is 4.79. The van der Waals surface area contributed by atoms with Crippen molar-refractivity contribution in [1.82, 2.24) is 25.4 Å². The largest absolute Gasteiger partial charge is 0.293 e. The van der Waals surface area contributed by atoms with Gasteiger partial charge in [0.1, 0.15) is 0 Å². The van der Waals surface area contributed by atoms with Crippen LogP contribution in [0.15, 0.2) is 42.7 Å². The number of amides is 1. The number of hydrogen-bond donors (Lipinski definition) is 2. The molecule has 0 aliphatic heterocycles. The van der Waals surface area contributed by atoms with Crippen molar-refractivity contribution in [2.45, 2.75) is 18.8 Å². The highest BCUT2D eigenvalue weighted by Gasteiger charge is 2.35. The lowest BCUT2D eigenvalue weighted by Crippen LogP contribution is -2.33. The van der Waals surface area contributed by atoms with Crippen molar-refractivity contribution in [2.24, 2.45) is 5.92 Å². The van der Waals surface area contributed by atoms with Crippen LogP contribution in [0.25, 0.3) is 11.4 Å². The summed E-state index contributed by atoms with van der Waals surface area (Å²) < 4.78 is 0. The highest BCUT2D eigenvalue weighted by molar-refractivity contribution is 6.30. The van der Waals surface area contributed by atoms with Crippen LogP contribution < -0.4 is 5.32 Å². The van der Waals surface area contributed by atoms with E-state index in [0.717, 1.165) is 23.4 Å². The van der Waals surface area contributed by atoms with Crippen molar-refractivity contribution in [3.05, 3.63) is 53.3 Å². The van der Waals surface area contributed by atoms with E-state index in [1.807, 2.05) is 24.3 Å². The Morgan fingerprint density at radius 1 is 1.16 bits per heavy atom. The number of rotatable bonds is 4. The van der Waals surface area contributed by atoms with Gasteiger partial charge in [-0.25, -0.2) is 0 Å². The second-order valence-corrected chi connectivity index (χ2v) is 6.48. The van der Waals surface area contributed by atoms with Crippen LogP contribution in [0.5, 0.6) is 0 Å². The first-order valence-corrected chi connectivity index (χ1v) is 8.32. The van der Waals surface area contributed by atoms with Gasteiger partial charge in [0, 0.05) is 16.5 Å². The van der Waals surface area contributed by atoms with Gasteiger partial charge in [0.05, 0.1) is 12.4 Å². The summed E-state index contributed by atoms with van der Waals surface area (Å²) in [6, 6.07) is 9.57. The van der Waals surface area contributed by atoms with Crippen LogP contribution in [0.2, 0.25) is 5.02 Å². The molecule has 2 heterocycles. The number of carbonyl (C=O) groups is 1. The second-order valence-electron chi connectivity index (χ2n) is 6.04. The Bertz CT molecular complexity index is 874. The molecule has 1 aliphatic carbocycles. The van der Waals surface area contributed by atoms with Crippen LogP contribution >= 0.6 is 11.6 Å². The molecule has 0 unspecified atom stereocenters. The number of nitrogens with zero attached hydrogens (tertiary/aromatic N) is 4. The van der Waals surface area contributed by atoms with Crippen molar-refractivity contribution in [3.8, 4) is 11.4 Å². The van der Waals surface area contributed by atoms with Gasteiger partial charge in [-0.15, -0.1) is 5.10 Å². The van der Waals surface area contributed by atoms with Gasteiger partial charge in [-0.3, -0.25) is 15.2 Å². The molecule has 1 aromatic carbocycles. The van der Waals surface area contributed by atoms with Crippen molar-refractivity contribution < 1.29 is 4.79 Å². The number of halogens is 1. The van der Waals surface area contributed by atoms with E-state index in [4.69, 9.17) is 11.6 Å². The Hall–Kier alpha value is -2.80. The Morgan fingerprint density at radius 3 is 2.68 bits per heavy atom. The third kappa shape index (κ3) is 3.36. The molecule has 0 atom stereocenters. The number of benzene rings is 1. The molecule has 4 rings (SSSR count). The average molecular weight is 355 g/mol. The van der Waals surface area contributed by atoms with Crippen LogP contribution in [0.3, 0.4) is 0 Å². The van der Waals surface area contributed by atoms with E-state index in [0.29, 0.717) is 11.7 Å². The summed E-state index contributed by atoms with van der Waals surface area (Å²) in [5.41, 5.74) is 1.98. The smallest absolute Gasteiger partial charge is 0.249 e. The molecule has 126 valence electrons. The Kier molecular flexibility index (Phi) is 4.15. The molecular formula is C17H15ClN6O. The molecule has 2 aromatic heterocycles. The van der Waals surface area contributed by atoms with Gasteiger partial charge < -0.3 is 0 Å². The molecule has 1 saturated carbocycles. The van der Waals surface area contributed by atoms with Gasteiger partial charge in [0.2, 0.25) is 11.9 Å².